The fourth-order valence-corrected chi connectivity index (χ4v) is 5.34. The number of amides is 3. The van der Waals surface area contributed by atoms with Crippen molar-refractivity contribution in [3.8, 4) is 5.69 Å². The van der Waals surface area contributed by atoms with Crippen LogP contribution in [0.5, 0.6) is 0 Å². The molecule has 0 unspecified atom stereocenters. The summed E-state index contributed by atoms with van der Waals surface area (Å²) in [4.78, 5) is 41.7. The third-order valence-corrected chi connectivity index (χ3v) is 7.23. The maximum Gasteiger partial charge on any atom is 0.294 e. The molecule has 3 amide bonds. The SMILES string of the molecule is Cc1ccc(-n2cccc2C=C2SC(=O)N(CC(=O)N3CCc4ccccc4C3)C2=O)c(C)c1. The second-order valence-corrected chi connectivity index (χ2v) is 9.69. The second-order valence-electron chi connectivity index (χ2n) is 8.69. The minimum Gasteiger partial charge on any atom is -0.336 e. The number of benzene rings is 2. The van der Waals surface area contributed by atoms with E-state index in [4.69, 9.17) is 0 Å². The van der Waals surface area contributed by atoms with Gasteiger partial charge in [0, 0.05) is 30.7 Å². The van der Waals surface area contributed by atoms with Crippen molar-refractivity contribution in [3.63, 3.8) is 0 Å². The number of hydrogen-bond acceptors (Lipinski definition) is 4. The number of aromatic nitrogens is 1. The summed E-state index contributed by atoms with van der Waals surface area (Å²) in [6.07, 6.45) is 4.44. The summed E-state index contributed by atoms with van der Waals surface area (Å²) in [7, 11) is 0. The van der Waals surface area contributed by atoms with Crippen molar-refractivity contribution >= 4 is 34.9 Å². The van der Waals surface area contributed by atoms with Crippen molar-refractivity contribution < 1.29 is 14.4 Å². The van der Waals surface area contributed by atoms with Crippen LogP contribution in [-0.4, -0.2) is 44.5 Å². The molecule has 0 aliphatic carbocycles. The molecule has 0 N–H and O–H groups in total. The Morgan fingerprint density at radius 2 is 1.82 bits per heavy atom. The van der Waals surface area contributed by atoms with E-state index in [0.29, 0.717) is 18.0 Å². The first-order valence-electron chi connectivity index (χ1n) is 11.3. The smallest absolute Gasteiger partial charge is 0.294 e. The average molecular weight is 472 g/mol. The van der Waals surface area contributed by atoms with Crippen LogP contribution in [0.1, 0.15) is 27.9 Å². The molecule has 0 spiro atoms. The maximum atomic E-state index is 13.1. The van der Waals surface area contributed by atoms with E-state index < -0.39 is 11.1 Å². The molecule has 172 valence electrons. The fourth-order valence-electron chi connectivity index (χ4n) is 4.52. The molecular formula is C27H25N3O3S. The van der Waals surface area contributed by atoms with Crippen LogP contribution >= 0.6 is 11.8 Å². The van der Waals surface area contributed by atoms with E-state index in [-0.39, 0.29) is 12.5 Å². The second kappa shape index (κ2) is 8.99. The van der Waals surface area contributed by atoms with Gasteiger partial charge in [-0.05, 0) is 73.0 Å². The van der Waals surface area contributed by atoms with Crippen molar-refractivity contribution in [1.29, 1.82) is 0 Å². The fraction of sp³-hybridized carbons (Fsp3) is 0.222. The number of thioether (sulfide) groups is 1. The van der Waals surface area contributed by atoms with Gasteiger partial charge in [0.15, 0.2) is 0 Å². The van der Waals surface area contributed by atoms with E-state index in [2.05, 4.69) is 12.1 Å². The van der Waals surface area contributed by atoms with Gasteiger partial charge in [0.1, 0.15) is 6.54 Å². The van der Waals surface area contributed by atoms with Gasteiger partial charge in [-0.3, -0.25) is 19.3 Å². The lowest BCUT2D eigenvalue weighted by Crippen LogP contribution is -2.44. The molecule has 2 aliphatic heterocycles. The Kier molecular flexibility index (Phi) is 5.87. The molecule has 1 fully saturated rings. The zero-order valence-electron chi connectivity index (χ0n) is 19.2. The molecule has 34 heavy (non-hydrogen) atoms. The minimum absolute atomic E-state index is 0.211. The minimum atomic E-state index is -0.422. The zero-order valence-corrected chi connectivity index (χ0v) is 20.0. The van der Waals surface area contributed by atoms with Crippen LogP contribution in [0.15, 0.2) is 65.7 Å². The Bertz CT molecular complexity index is 1340. The number of nitrogens with zero attached hydrogens (tertiary/aromatic N) is 3. The van der Waals surface area contributed by atoms with Gasteiger partial charge in [-0.1, -0.05) is 42.0 Å². The van der Waals surface area contributed by atoms with Crippen LogP contribution in [-0.2, 0) is 22.6 Å². The van der Waals surface area contributed by atoms with Gasteiger partial charge in [-0.15, -0.1) is 0 Å². The lowest BCUT2D eigenvalue weighted by atomic mass is 10.00. The molecule has 0 saturated carbocycles. The van der Waals surface area contributed by atoms with Crippen molar-refractivity contribution in [1.82, 2.24) is 14.4 Å². The molecule has 0 bridgehead atoms. The third-order valence-electron chi connectivity index (χ3n) is 6.32. The van der Waals surface area contributed by atoms with Crippen LogP contribution in [0.2, 0.25) is 0 Å². The Morgan fingerprint density at radius 1 is 1.03 bits per heavy atom. The van der Waals surface area contributed by atoms with E-state index >= 15 is 0 Å². The van der Waals surface area contributed by atoms with Gasteiger partial charge in [0.2, 0.25) is 5.91 Å². The summed E-state index contributed by atoms with van der Waals surface area (Å²) in [6.45, 7) is 4.95. The summed E-state index contributed by atoms with van der Waals surface area (Å²) in [5, 5.41) is -0.411. The quantitative estimate of drug-likeness (QED) is 0.517. The van der Waals surface area contributed by atoms with Gasteiger partial charge >= 0.3 is 0 Å². The first kappa shape index (κ1) is 22.2. The first-order chi connectivity index (χ1) is 16.4. The predicted molar refractivity (Wildman–Crippen MR) is 133 cm³/mol. The highest BCUT2D eigenvalue weighted by atomic mass is 32.2. The highest BCUT2D eigenvalue weighted by Crippen LogP contribution is 2.33. The molecule has 2 aliphatic rings. The lowest BCUT2D eigenvalue weighted by molar-refractivity contribution is -0.136. The van der Waals surface area contributed by atoms with E-state index in [1.807, 2.05) is 67.1 Å². The van der Waals surface area contributed by atoms with Gasteiger partial charge < -0.3 is 9.47 Å². The Balaban J connectivity index is 1.33. The van der Waals surface area contributed by atoms with Crippen molar-refractivity contribution in [2.75, 3.05) is 13.1 Å². The van der Waals surface area contributed by atoms with E-state index in [0.717, 1.165) is 45.6 Å². The van der Waals surface area contributed by atoms with Crippen LogP contribution in [0.3, 0.4) is 0 Å². The van der Waals surface area contributed by atoms with E-state index in [9.17, 15) is 14.4 Å². The van der Waals surface area contributed by atoms with E-state index in [1.165, 1.54) is 11.1 Å². The molecule has 2 aromatic carbocycles. The van der Waals surface area contributed by atoms with Gasteiger partial charge in [-0.25, -0.2) is 0 Å². The normalized spacial score (nSPS) is 16.9. The lowest BCUT2D eigenvalue weighted by Gasteiger charge is -2.29. The molecule has 0 radical (unpaired) electrons. The van der Waals surface area contributed by atoms with Crippen molar-refractivity contribution in [2.45, 2.75) is 26.8 Å². The Labute approximate surface area is 202 Å². The highest BCUT2D eigenvalue weighted by Gasteiger charge is 2.37. The summed E-state index contributed by atoms with van der Waals surface area (Å²) >= 11 is 0.882. The predicted octanol–water partition coefficient (Wildman–Crippen LogP) is 4.72. The number of carbonyl (C=O) groups is 3. The molecule has 3 heterocycles. The number of rotatable bonds is 4. The standard InChI is InChI=1S/C27H25N3O3S/c1-18-9-10-23(19(2)14-18)29-12-5-8-22(29)15-24-26(32)30(27(33)34-24)17-25(31)28-13-11-20-6-3-4-7-21(20)16-28/h3-10,12,14-15H,11,13,16-17H2,1-2H3. The summed E-state index contributed by atoms with van der Waals surface area (Å²) < 4.78 is 2.00. The summed E-state index contributed by atoms with van der Waals surface area (Å²) in [5.41, 5.74) is 6.47. The number of imide groups is 1. The van der Waals surface area contributed by atoms with Gasteiger partial charge in [-0.2, -0.15) is 0 Å². The molecular weight excluding hydrogens is 446 g/mol. The Hall–Kier alpha value is -3.58. The van der Waals surface area contributed by atoms with Crippen LogP contribution in [0, 0.1) is 13.8 Å². The van der Waals surface area contributed by atoms with E-state index in [1.54, 1.807) is 11.0 Å². The van der Waals surface area contributed by atoms with Crippen LogP contribution in [0.4, 0.5) is 4.79 Å². The average Bonchev–Trinajstić information content (AvgIpc) is 3.38. The Morgan fingerprint density at radius 3 is 2.62 bits per heavy atom. The number of aryl methyl sites for hydroxylation is 2. The number of hydrogen-bond donors (Lipinski definition) is 0. The molecule has 5 rings (SSSR count). The summed E-state index contributed by atoms with van der Waals surface area (Å²) in [5.74, 6) is -0.633. The zero-order chi connectivity index (χ0) is 23.8. The van der Waals surface area contributed by atoms with Gasteiger partial charge in [0.05, 0.1) is 4.91 Å². The first-order valence-corrected chi connectivity index (χ1v) is 12.1. The van der Waals surface area contributed by atoms with Crippen LogP contribution < -0.4 is 0 Å². The van der Waals surface area contributed by atoms with Crippen molar-refractivity contribution in [3.05, 3.63) is 93.6 Å². The molecule has 3 aromatic rings. The topological polar surface area (TPSA) is 62.6 Å². The third kappa shape index (κ3) is 4.19. The molecule has 1 saturated heterocycles. The molecule has 1 aromatic heterocycles. The highest BCUT2D eigenvalue weighted by molar-refractivity contribution is 8.18. The maximum absolute atomic E-state index is 13.1. The molecule has 6 nitrogen and oxygen atoms in total. The molecule has 0 atom stereocenters. The van der Waals surface area contributed by atoms with Gasteiger partial charge in [0.25, 0.3) is 11.1 Å². The summed E-state index contributed by atoms with van der Waals surface area (Å²) in [6, 6.07) is 18.1. The number of fused-ring (bicyclic) bond motifs is 1. The number of carbonyl (C=O) groups excluding carboxylic acids is 3. The monoisotopic (exact) mass is 471 g/mol. The van der Waals surface area contributed by atoms with Crippen LogP contribution in [0.25, 0.3) is 11.8 Å². The molecule has 7 heteroatoms. The van der Waals surface area contributed by atoms with Crippen molar-refractivity contribution in [2.24, 2.45) is 0 Å². The largest absolute Gasteiger partial charge is 0.336 e.